The van der Waals surface area contributed by atoms with E-state index in [1.54, 1.807) is 13.1 Å². The van der Waals surface area contributed by atoms with Gasteiger partial charge in [0, 0.05) is 19.8 Å². The predicted octanol–water partition coefficient (Wildman–Crippen LogP) is 2.02. The fourth-order valence-corrected chi connectivity index (χ4v) is 1.88. The summed E-state index contributed by atoms with van der Waals surface area (Å²) in [6, 6.07) is 0. The average molecular weight is 209 g/mol. The van der Waals surface area contributed by atoms with Crippen molar-refractivity contribution in [1.29, 1.82) is 0 Å². The van der Waals surface area contributed by atoms with Gasteiger partial charge in [0.2, 0.25) is 0 Å². The van der Waals surface area contributed by atoms with Crippen LogP contribution in [0.4, 0.5) is 5.69 Å². The molecule has 0 spiro atoms. The van der Waals surface area contributed by atoms with Gasteiger partial charge < -0.3 is 4.74 Å². The van der Waals surface area contributed by atoms with Crippen LogP contribution in [0.3, 0.4) is 0 Å². The van der Waals surface area contributed by atoms with Gasteiger partial charge in [-0.15, -0.1) is 4.91 Å². The normalized spacial score (nSPS) is 17.9. The monoisotopic (exact) mass is 209 g/mol. The Labute approximate surface area is 88.4 Å². The minimum Gasteiger partial charge on any atom is -0.381 e. The molecule has 82 valence electrons. The molecule has 0 saturated carbocycles. The largest absolute Gasteiger partial charge is 0.381 e. The molecule has 0 atom stereocenters. The molecule has 1 aromatic heterocycles. The molecule has 2 rings (SSSR count). The molecule has 1 fully saturated rings. The van der Waals surface area contributed by atoms with Gasteiger partial charge in [-0.25, -0.2) is 0 Å². The third-order valence-corrected chi connectivity index (χ3v) is 2.80. The van der Waals surface area contributed by atoms with E-state index in [4.69, 9.17) is 4.74 Å². The van der Waals surface area contributed by atoms with E-state index in [0.717, 1.165) is 32.6 Å². The first-order valence-corrected chi connectivity index (χ1v) is 5.24. The van der Waals surface area contributed by atoms with Crippen molar-refractivity contribution in [2.45, 2.75) is 26.3 Å². The summed E-state index contributed by atoms with van der Waals surface area (Å²) in [7, 11) is 0. The maximum absolute atomic E-state index is 10.4. The molecule has 0 bridgehead atoms. The molecule has 1 aliphatic rings. The van der Waals surface area contributed by atoms with Crippen molar-refractivity contribution in [2.24, 2.45) is 11.1 Å². The summed E-state index contributed by atoms with van der Waals surface area (Å²) >= 11 is 0. The molecule has 15 heavy (non-hydrogen) atoms. The zero-order valence-electron chi connectivity index (χ0n) is 8.85. The van der Waals surface area contributed by atoms with Crippen LogP contribution in [0.2, 0.25) is 0 Å². The van der Waals surface area contributed by atoms with Gasteiger partial charge >= 0.3 is 0 Å². The first-order chi connectivity index (χ1) is 7.29. The number of hydrogen-bond donors (Lipinski definition) is 0. The highest BCUT2D eigenvalue weighted by Crippen LogP contribution is 2.20. The summed E-state index contributed by atoms with van der Waals surface area (Å²) in [5, 5.41) is 7.18. The van der Waals surface area contributed by atoms with Crippen molar-refractivity contribution >= 4 is 5.69 Å². The first-order valence-electron chi connectivity index (χ1n) is 5.24. The van der Waals surface area contributed by atoms with Crippen LogP contribution in [0.15, 0.2) is 11.4 Å². The first kappa shape index (κ1) is 10.3. The number of hydrogen-bond acceptors (Lipinski definition) is 4. The second-order valence-electron chi connectivity index (χ2n) is 3.97. The minimum atomic E-state index is 0.446. The summed E-state index contributed by atoms with van der Waals surface area (Å²) in [4.78, 5) is 10.4. The van der Waals surface area contributed by atoms with Crippen molar-refractivity contribution in [1.82, 2.24) is 9.78 Å². The van der Waals surface area contributed by atoms with Gasteiger partial charge in [-0.2, -0.15) is 5.10 Å². The van der Waals surface area contributed by atoms with Crippen LogP contribution in [-0.2, 0) is 11.3 Å². The van der Waals surface area contributed by atoms with Gasteiger partial charge in [0.25, 0.3) is 0 Å². The zero-order chi connectivity index (χ0) is 10.7. The highest BCUT2D eigenvalue weighted by molar-refractivity contribution is 5.38. The van der Waals surface area contributed by atoms with Gasteiger partial charge in [-0.1, -0.05) is 0 Å². The van der Waals surface area contributed by atoms with E-state index in [0.29, 0.717) is 17.3 Å². The van der Waals surface area contributed by atoms with Gasteiger partial charge in [0.05, 0.1) is 11.9 Å². The third kappa shape index (κ3) is 2.41. The van der Waals surface area contributed by atoms with Crippen LogP contribution in [0, 0.1) is 17.7 Å². The maximum atomic E-state index is 10.4. The molecule has 0 amide bonds. The van der Waals surface area contributed by atoms with Gasteiger partial charge in [-0.05, 0) is 30.9 Å². The van der Waals surface area contributed by atoms with Crippen LogP contribution in [0.25, 0.3) is 0 Å². The van der Waals surface area contributed by atoms with E-state index in [2.05, 4.69) is 10.3 Å². The smallest absolute Gasteiger partial charge is 0.148 e. The summed E-state index contributed by atoms with van der Waals surface area (Å²) in [5.74, 6) is 0.609. The quantitative estimate of drug-likeness (QED) is 0.715. The Morgan fingerprint density at radius 3 is 2.93 bits per heavy atom. The van der Waals surface area contributed by atoms with Crippen molar-refractivity contribution in [2.75, 3.05) is 13.2 Å². The summed E-state index contributed by atoms with van der Waals surface area (Å²) in [6.07, 6.45) is 3.86. The number of aromatic nitrogens is 2. The second kappa shape index (κ2) is 4.53. The summed E-state index contributed by atoms with van der Waals surface area (Å²) in [6.45, 7) is 4.34. The van der Waals surface area contributed by atoms with Gasteiger partial charge in [0.1, 0.15) is 5.69 Å². The molecule has 0 radical (unpaired) electrons. The lowest BCUT2D eigenvalue weighted by Gasteiger charge is -2.21. The number of rotatable bonds is 3. The molecule has 0 aliphatic carbocycles. The fourth-order valence-electron chi connectivity index (χ4n) is 1.88. The predicted molar refractivity (Wildman–Crippen MR) is 56.0 cm³/mol. The van der Waals surface area contributed by atoms with E-state index < -0.39 is 0 Å². The minimum absolute atomic E-state index is 0.446. The molecule has 0 aromatic carbocycles. The van der Waals surface area contributed by atoms with E-state index in [-0.39, 0.29) is 0 Å². The lowest BCUT2D eigenvalue weighted by atomic mass is 10.0. The molecule has 1 aromatic rings. The van der Waals surface area contributed by atoms with Crippen LogP contribution in [0.5, 0.6) is 0 Å². The Hall–Kier alpha value is -1.23. The summed E-state index contributed by atoms with van der Waals surface area (Å²) < 4.78 is 7.11. The zero-order valence-corrected chi connectivity index (χ0v) is 8.85. The molecule has 0 N–H and O–H groups in total. The number of aryl methyl sites for hydroxylation is 1. The van der Waals surface area contributed by atoms with Crippen molar-refractivity contribution < 1.29 is 4.74 Å². The van der Waals surface area contributed by atoms with Gasteiger partial charge in [0.15, 0.2) is 0 Å². The Balaban J connectivity index is 2.00. The molecule has 5 nitrogen and oxygen atoms in total. The number of ether oxygens (including phenoxy) is 1. The lowest BCUT2D eigenvalue weighted by Crippen LogP contribution is -2.20. The molecule has 5 heteroatoms. The van der Waals surface area contributed by atoms with E-state index in [1.165, 1.54) is 0 Å². The lowest BCUT2D eigenvalue weighted by molar-refractivity contribution is 0.0601. The molecule has 1 aliphatic heterocycles. The van der Waals surface area contributed by atoms with Crippen LogP contribution >= 0.6 is 0 Å². The average Bonchev–Trinajstić information content (AvgIpc) is 2.60. The highest BCUT2D eigenvalue weighted by Gasteiger charge is 2.15. The van der Waals surface area contributed by atoms with Crippen LogP contribution < -0.4 is 0 Å². The Bertz CT molecular complexity index is 342. The fraction of sp³-hybridized carbons (Fsp3) is 0.700. The van der Waals surface area contributed by atoms with E-state index in [9.17, 15) is 4.91 Å². The van der Waals surface area contributed by atoms with E-state index in [1.807, 2.05) is 4.68 Å². The Kier molecular flexibility index (Phi) is 3.11. The van der Waals surface area contributed by atoms with Crippen LogP contribution in [-0.4, -0.2) is 23.0 Å². The highest BCUT2D eigenvalue weighted by atomic mass is 16.5. The standard InChI is InChI=1S/C10H15N3O2/c1-8-10(12-14)7-13(11-8)6-9-2-4-15-5-3-9/h7,9H,2-6H2,1H3. The number of nitroso groups, excluding NO2 is 1. The molecular formula is C10H15N3O2. The van der Waals surface area contributed by atoms with Crippen molar-refractivity contribution in [3.63, 3.8) is 0 Å². The Morgan fingerprint density at radius 1 is 1.60 bits per heavy atom. The molecular weight excluding hydrogens is 194 g/mol. The Morgan fingerprint density at radius 2 is 2.33 bits per heavy atom. The van der Waals surface area contributed by atoms with E-state index >= 15 is 0 Å². The number of nitrogens with zero attached hydrogens (tertiary/aromatic N) is 3. The van der Waals surface area contributed by atoms with Crippen molar-refractivity contribution in [3.05, 3.63) is 16.8 Å². The maximum Gasteiger partial charge on any atom is 0.148 e. The third-order valence-electron chi connectivity index (χ3n) is 2.80. The topological polar surface area (TPSA) is 56.5 Å². The van der Waals surface area contributed by atoms with Gasteiger partial charge in [-0.3, -0.25) is 4.68 Å². The second-order valence-corrected chi connectivity index (χ2v) is 3.97. The molecule has 0 unspecified atom stereocenters. The summed E-state index contributed by atoms with van der Waals surface area (Å²) in [5.41, 5.74) is 1.15. The van der Waals surface area contributed by atoms with Crippen LogP contribution in [0.1, 0.15) is 18.5 Å². The SMILES string of the molecule is Cc1nn(CC2CCOCC2)cc1N=O. The molecule has 1 saturated heterocycles. The molecule has 2 heterocycles. The van der Waals surface area contributed by atoms with Crippen molar-refractivity contribution in [3.8, 4) is 0 Å².